The molecule has 1 unspecified atom stereocenters. The molecule has 0 fully saturated rings. The fraction of sp³-hybridized carbons (Fsp3) is 0.421. The number of nitrogens with one attached hydrogen (secondary N) is 1. The van der Waals surface area contributed by atoms with Gasteiger partial charge in [-0.3, -0.25) is 0 Å². The average molecular weight is 282 g/mol. The first-order chi connectivity index (χ1) is 10.0. The van der Waals surface area contributed by atoms with Gasteiger partial charge in [0.1, 0.15) is 0 Å². The lowest BCUT2D eigenvalue weighted by atomic mass is 9.79. The van der Waals surface area contributed by atoms with Gasteiger partial charge in [0.25, 0.3) is 0 Å². The van der Waals surface area contributed by atoms with E-state index in [1.54, 1.807) is 0 Å². The molecule has 0 heterocycles. The third-order valence-electron chi connectivity index (χ3n) is 4.04. The smallest absolute Gasteiger partial charge is 0.0944 e. The third kappa shape index (κ3) is 4.58. The van der Waals surface area contributed by atoms with Gasteiger partial charge in [-0.15, -0.1) is 0 Å². The molecule has 0 radical (unpaired) electrons. The first-order valence-electron chi connectivity index (χ1n) is 7.50. The van der Waals surface area contributed by atoms with Crippen molar-refractivity contribution < 1.29 is 0 Å². The standard InChI is InChI=1S/C19H26N2/c1-6-18-17(13-21-5)8-7-9-19(18)16(4)15(3)11-10-14(2)12-20/h6,10-11,17,21H,1,4,7-9,13H2,2-3,5H3/b14-10+,15-11+. The van der Waals surface area contributed by atoms with Crippen LogP contribution in [0, 0.1) is 17.2 Å². The molecule has 0 aromatic heterocycles. The number of nitrogens with zero attached hydrogens (tertiary/aromatic N) is 1. The number of allylic oxidation sites excluding steroid dienone is 7. The molecule has 0 aromatic rings. The van der Waals surface area contributed by atoms with Crippen molar-refractivity contribution in [1.82, 2.24) is 5.32 Å². The summed E-state index contributed by atoms with van der Waals surface area (Å²) in [6.07, 6.45) is 9.28. The zero-order chi connectivity index (χ0) is 15.8. The second kappa shape index (κ2) is 8.44. The zero-order valence-electron chi connectivity index (χ0n) is 13.5. The summed E-state index contributed by atoms with van der Waals surface area (Å²) in [5, 5.41) is 12.1. The molecular formula is C19H26N2. The Morgan fingerprint density at radius 1 is 1.43 bits per heavy atom. The lowest BCUT2D eigenvalue weighted by Crippen LogP contribution is -2.23. The van der Waals surface area contributed by atoms with Crippen molar-refractivity contribution in [2.75, 3.05) is 13.6 Å². The average Bonchev–Trinajstić information content (AvgIpc) is 2.51. The largest absolute Gasteiger partial charge is 0.319 e. The van der Waals surface area contributed by atoms with Crippen LogP contribution in [-0.4, -0.2) is 13.6 Å². The van der Waals surface area contributed by atoms with Gasteiger partial charge in [-0.25, -0.2) is 0 Å². The topological polar surface area (TPSA) is 35.8 Å². The van der Waals surface area contributed by atoms with Crippen LogP contribution in [-0.2, 0) is 0 Å². The van der Waals surface area contributed by atoms with E-state index in [9.17, 15) is 0 Å². The van der Waals surface area contributed by atoms with Crippen molar-refractivity contribution in [1.29, 1.82) is 5.26 Å². The molecule has 1 N–H and O–H groups in total. The van der Waals surface area contributed by atoms with Crippen LogP contribution < -0.4 is 5.32 Å². The summed E-state index contributed by atoms with van der Waals surface area (Å²) in [7, 11) is 1.99. The van der Waals surface area contributed by atoms with Crippen LogP contribution in [0.15, 0.2) is 59.3 Å². The highest BCUT2D eigenvalue weighted by molar-refractivity contribution is 5.51. The Hall–Kier alpha value is -1.85. The highest BCUT2D eigenvalue weighted by atomic mass is 14.8. The van der Waals surface area contributed by atoms with E-state index in [4.69, 9.17) is 5.26 Å². The van der Waals surface area contributed by atoms with Gasteiger partial charge in [0.15, 0.2) is 0 Å². The molecule has 0 spiro atoms. The van der Waals surface area contributed by atoms with E-state index < -0.39 is 0 Å². The van der Waals surface area contributed by atoms with Crippen molar-refractivity contribution in [3.05, 3.63) is 59.3 Å². The molecule has 2 heteroatoms. The van der Waals surface area contributed by atoms with Gasteiger partial charge in [0, 0.05) is 12.1 Å². The monoisotopic (exact) mass is 282 g/mol. The minimum absolute atomic E-state index is 0.525. The van der Waals surface area contributed by atoms with Gasteiger partial charge in [-0.05, 0) is 74.4 Å². The van der Waals surface area contributed by atoms with E-state index in [0.717, 1.165) is 24.1 Å². The first-order valence-corrected chi connectivity index (χ1v) is 7.50. The van der Waals surface area contributed by atoms with Crippen molar-refractivity contribution in [3.63, 3.8) is 0 Å². The Kier molecular flexibility index (Phi) is 6.91. The van der Waals surface area contributed by atoms with Gasteiger partial charge in [-0.1, -0.05) is 25.3 Å². The maximum absolute atomic E-state index is 8.81. The minimum atomic E-state index is 0.525. The van der Waals surface area contributed by atoms with E-state index >= 15 is 0 Å². The molecule has 1 atom stereocenters. The SMILES string of the molecule is C=CC1=C(C(=C)/C(C)=C/C=C(\C)C#N)CCCC1CNC. The van der Waals surface area contributed by atoms with E-state index in [1.807, 2.05) is 32.2 Å². The first kappa shape index (κ1) is 17.2. The van der Waals surface area contributed by atoms with Crippen molar-refractivity contribution in [3.8, 4) is 6.07 Å². The summed E-state index contributed by atoms with van der Waals surface area (Å²) in [5.74, 6) is 0.525. The summed E-state index contributed by atoms with van der Waals surface area (Å²) < 4.78 is 0. The minimum Gasteiger partial charge on any atom is -0.319 e. The molecule has 1 rings (SSSR count). The number of hydrogen-bond donors (Lipinski definition) is 1. The molecule has 0 saturated carbocycles. The normalized spacial score (nSPS) is 20.2. The highest BCUT2D eigenvalue weighted by Gasteiger charge is 2.22. The van der Waals surface area contributed by atoms with Gasteiger partial charge in [0.2, 0.25) is 0 Å². The summed E-state index contributed by atoms with van der Waals surface area (Å²) >= 11 is 0. The van der Waals surface area contributed by atoms with Crippen LogP contribution in [0.3, 0.4) is 0 Å². The molecule has 1 aliphatic carbocycles. The summed E-state index contributed by atoms with van der Waals surface area (Å²) in [6.45, 7) is 13.1. The molecule has 112 valence electrons. The molecule has 0 amide bonds. The molecule has 0 bridgehead atoms. The Morgan fingerprint density at radius 3 is 2.71 bits per heavy atom. The van der Waals surface area contributed by atoms with E-state index in [2.05, 4.69) is 31.5 Å². The summed E-state index contributed by atoms with van der Waals surface area (Å²) in [5.41, 5.74) is 5.55. The van der Waals surface area contributed by atoms with Crippen LogP contribution >= 0.6 is 0 Å². The Bertz CT molecular complexity index is 538. The van der Waals surface area contributed by atoms with E-state index in [1.165, 1.54) is 24.0 Å². The molecule has 1 aliphatic rings. The molecule has 0 saturated heterocycles. The predicted molar refractivity (Wildman–Crippen MR) is 90.8 cm³/mol. The summed E-state index contributed by atoms with van der Waals surface area (Å²) in [4.78, 5) is 0. The Labute approximate surface area is 129 Å². The van der Waals surface area contributed by atoms with Crippen molar-refractivity contribution in [2.45, 2.75) is 33.1 Å². The van der Waals surface area contributed by atoms with Crippen LogP contribution in [0.4, 0.5) is 0 Å². The van der Waals surface area contributed by atoms with E-state index in [-0.39, 0.29) is 0 Å². The Morgan fingerprint density at radius 2 is 2.14 bits per heavy atom. The van der Waals surface area contributed by atoms with Crippen LogP contribution in [0.1, 0.15) is 33.1 Å². The van der Waals surface area contributed by atoms with Crippen LogP contribution in [0.25, 0.3) is 0 Å². The van der Waals surface area contributed by atoms with Gasteiger partial charge >= 0.3 is 0 Å². The highest BCUT2D eigenvalue weighted by Crippen LogP contribution is 2.36. The second-order valence-electron chi connectivity index (χ2n) is 5.57. The molecule has 2 nitrogen and oxygen atoms in total. The van der Waals surface area contributed by atoms with Crippen molar-refractivity contribution >= 4 is 0 Å². The summed E-state index contributed by atoms with van der Waals surface area (Å²) in [6, 6.07) is 2.13. The van der Waals surface area contributed by atoms with Gasteiger partial charge in [-0.2, -0.15) is 5.26 Å². The van der Waals surface area contributed by atoms with E-state index in [0.29, 0.717) is 11.5 Å². The molecule has 0 aromatic carbocycles. The van der Waals surface area contributed by atoms with Gasteiger partial charge < -0.3 is 5.32 Å². The fourth-order valence-corrected chi connectivity index (χ4v) is 2.77. The second-order valence-corrected chi connectivity index (χ2v) is 5.57. The number of hydrogen-bond acceptors (Lipinski definition) is 2. The van der Waals surface area contributed by atoms with Crippen LogP contribution in [0.2, 0.25) is 0 Å². The zero-order valence-corrected chi connectivity index (χ0v) is 13.5. The quantitative estimate of drug-likeness (QED) is 0.576. The van der Waals surface area contributed by atoms with Crippen LogP contribution in [0.5, 0.6) is 0 Å². The number of rotatable bonds is 6. The Balaban J connectivity index is 3.08. The van der Waals surface area contributed by atoms with Crippen molar-refractivity contribution in [2.24, 2.45) is 5.92 Å². The lowest BCUT2D eigenvalue weighted by molar-refractivity contribution is 0.489. The molecule has 0 aliphatic heterocycles. The fourth-order valence-electron chi connectivity index (χ4n) is 2.77. The lowest BCUT2D eigenvalue weighted by Gasteiger charge is -2.28. The van der Waals surface area contributed by atoms with Gasteiger partial charge in [0.05, 0.1) is 6.07 Å². The number of nitriles is 1. The maximum atomic E-state index is 8.81. The molecular weight excluding hydrogens is 256 g/mol. The maximum Gasteiger partial charge on any atom is 0.0944 e. The molecule has 21 heavy (non-hydrogen) atoms. The predicted octanol–water partition coefficient (Wildman–Crippen LogP) is 4.46. The third-order valence-corrected chi connectivity index (χ3v) is 4.04.